The fourth-order valence-corrected chi connectivity index (χ4v) is 5.17. The van der Waals surface area contributed by atoms with E-state index in [1.165, 1.54) is 55.7 Å². The first-order valence-electron chi connectivity index (χ1n) is 13.8. The fraction of sp³-hybridized carbons (Fsp3) is 0.351. The predicted molar refractivity (Wildman–Crippen MR) is 169 cm³/mol. The molecule has 1 radical (unpaired) electrons. The monoisotopic (exact) mass is 954 g/mol. The topological polar surface area (TPSA) is 0 Å². The van der Waals surface area contributed by atoms with Crippen LogP contribution in [-0.4, -0.2) is 0 Å². The van der Waals surface area contributed by atoms with Crippen molar-refractivity contribution in [1.82, 2.24) is 0 Å². The van der Waals surface area contributed by atoms with Crippen LogP contribution in [0.2, 0.25) is 0 Å². The summed E-state index contributed by atoms with van der Waals surface area (Å²) in [4.78, 5) is 0. The molecule has 0 heterocycles. The first kappa shape index (κ1) is 44.0. The molecule has 3 aliphatic rings. The normalized spacial score (nSPS) is 13.7. The van der Waals surface area contributed by atoms with Crippen molar-refractivity contribution < 1.29 is 74.2 Å². The van der Waals surface area contributed by atoms with E-state index in [9.17, 15) is 0 Å². The standard InChI is InChI=1S/C31H32.2C2H6.2CH3.Re.W.Y/c1-4-22-5-7-25(16-22)27-13-14-30-20-31-19-29(12-10-24(31)9-11-28(30)18-27)26-8-6-23(17-26)15-21(2)3;2*1-2;;;;;/h4-8,10,12-15,18-19,21H,9,11,16-17,20H2,1-3H3;2*1-2H3;2*1H3;;;/q-2;;;2*-1;;;+3. The second kappa shape index (κ2) is 22.2. The van der Waals surface area contributed by atoms with Crippen LogP contribution in [-0.2, 0) is 93.5 Å². The molecule has 0 spiro atoms. The van der Waals surface area contributed by atoms with Crippen molar-refractivity contribution in [1.29, 1.82) is 0 Å². The Labute approximate surface area is 301 Å². The van der Waals surface area contributed by atoms with Crippen LogP contribution in [0, 0.1) is 33.6 Å². The molecule has 0 aromatic heterocycles. The van der Waals surface area contributed by atoms with E-state index in [1.807, 2.05) is 27.7 Å². The van der Waals surface area contributed by atoms with Crippen molar-refractivity contribution in [3.63, 3.8) is 0 Å². The molecule has 3 aliphatic carbocycles. The molecular weight excluding hydrogens is 903 g/mol. The van der Waals surface area contributed by atoms with E-state index < -0.39 is 0 Å². The number of benzene rings is 2. The van der Waals surface area contributed by atoms with Gasteiger partial charge in [0.2, 0.25) is 0 Å². The number of hydrogen-bond acceptors (Lipinski definition) is 0. The van der Waals surface area contributed by atoms with Gasteiger partial charge < -0.3 is 14.9 Å². The van der Waals surface area contributed by atoms with Crippen LogP contribution in [0.25, 0.3) is 11.1 Å². The number of fused-ring (bicyclic) bond motifs is 2. The Kier molecular flexibility index (Phi) is 24.4. The smallest absolute Gasteiger partial charge is 0.358 e. The molecule has 40 heavy (non-hydrogen) atoms. The summed E-state index contributed by atoms with van der Waals surface area (Å²) in [6, 6.07) is 14.4. The zero-order valence-corrected chi connectivity index (χ0v) is 34.9. The van der Waals surface area contributed by atoms with Gasteiger partial charge in [0.25, 0.3) is 0 Å². The Morgan fingerprint density at radius 2 is 1.10 bits per heavy atom. The molecular formula is C37H50ReWY-. The summed E-state index contributed by atoms with van der Waals surface area (Å²) in [5.41, 5.74) is 14.6. The molecule has 0 aliphatic heterocycles. The minimum absolute atomic E-state index is 0. The zero-order chi connectivity index (χ0) is 25.4. The molecule has 2 aromatic carbocycles. The zero-order valence-electron chi connectivity index (χ0n) is 26.4. The van der Waals surface area contributed by atoms with Gasteiger partial charge in [-0.05, 0) is 65.5 Å². The van der Waals surface area contributed by atoms with Crippen molar-refractivity contribution >= 4 is 11.1 Å². The van der Waals surface area contributed by atoms with Gasteiger partial charge in [0.15, 0.2) is 0 Å². The van der Waals surface area contributed by atoms with Crippen LogP contribution in [0.5, 0.6) is 0 Å². The van der Waals surface area contributed by atoms with E-state index in [1.54, 1.807) is 0 Å². The molecule has 0 nitrogen and oxygen atoms in total. The van der Waals surface area contributed by atoms with Gasteiger partial charge in [-0.3, -0.25) is 0 Å². The Morgan fingerprint density at radius 3 is 1.62 bits per heavy atom. The van der Waals surface area contributed by atoms with E-state index in [0.29, 0.717) is 5.92 Å². The maximum atomic E-state index is 2.46. The van der Waals surface area contributed by atoms with Crippen molar-refractivity contribution in [3.05, 3.63) is 133 Å². The minimum Gasteiger partial charge on any atom is -0.358 e. The minimum atomic E-state index is 0. The van der Waals surface area contributed by atoms with Gasteiger partial charge in [-0.1, -0.05) is 95.0 Å². The fourth-order valence-electron chi connectivity index (χ4n) is 5.17. The SMILES string of the molecule is CC.CC.C[CH-]C1=CC=C(c2ccc3c(c2)CCc2ccc(C4=CC=C([CH-]C(C)C)C4)cc2C3)C1.[CH3-].[CH3-].[Re].[W].[Y+3]. The summed E-state index contributed by atoms with van der Waals surface area (Å²) in [6.45, 7) is 14.6. The molecule has 0 saturated heterocycles. The first-order chi connectivity index (χ1) is 17.1. The summed E-state index contributed by atoms with van der Waals surface area (Å²) in [6.07, 6.45) is 19.2. The van der Waals surface area contributed by atoms with Gasteiger partial charge in [0, 0.05) is 41.5 Å². The molecule has 215 valence electrons. The second-order valence-corrected chi connectivity index (χ2v) is 9.56. The van der Waals surface area contributed by atoms with Crippen molar-refractivity contribution in [3.8, 4) is 0 Å². The van der Waals surface area contributed by atoms with E-state index >= 15 is 0 Å². The maximum absolute atomic E-state index is 2.46. The van der Waals surface area contributed by atoms with Crippen LogP contribution in [0.3, 0.4) is 0 Å². The van der Waals surface area contributed by atoms with E-state index in [0.717, 1.165) is 32.1 Å². The quantitative estimate of drug-likeness (QED) is 0.262. The van der Waals surface area contributed by atoms with Gasteiger partial charge in [0.1, 0.15) is 0 Å². The first-order valence-corrected chi connectivity index (χ1v) is 13.8. The molecule has 0 unspecified atom stereocenters. The number of allylic oxidation sites excluding steroid dienone is 8. The third-order valence-electron chi connectivity index (χ3n) is 6.90. The van der Waals surface area contributed by atoms with Crippen LogP contribution in [0.1, 0.15) is 94.7 Å². The van der Waals surface area contributed by atoms with Gasteiger partial charge in [0.05, 0.1) is 0 Å². The molecule has 0 amide bonds. The summed E-state index contributed by atoms with van der Waals surface area (Å²) in [7, 11) is 0. The Bertz CT molecular complexity index is 1150. The predicted octanol–water partition coefficient (Wildman–Crippen LogP) is 10.8. The van der Waals surface area contributed by atoms with Gasteiger partial charge in [-0.15, -0.1) is 19.1 Å². The van der Waals surface area contributed by atoms with Crippen LogP contribution in [0.15, 0.2) is 71.8 Å². The third kappa shape index (κ3) is 11.4. The van der Waals surface area contributed by atoms with E-state index in [4.69, 9.17) is 0 Å². The van der Waals surface area contributed by atoms with E-state index in [2.05, 4.69) is 94.3 Å². The van der Waals surface area contributed by atoms with Crippen LogP contribution >= 0.6 is 0 Å². The molecule has 0 atom stereocenters. The Morgan fingerprint density at radius 1 is 0.625 bits per heavy atom. The summed E-state index contributed by atoms with van der Waals surface area (Å²) >= 11 is 0. The maximum Gasteiger partial charge on any atom is 3.00 e. The number of rotatable bonds is 5. The second-order valence-electron chi connectivity index (χ2n) is 9.56. The Balaban J connectivity index is -0.00000146. The summed E-state index contributed by atoms with van der Waals surface area (Å²) < 4.78 is 0. The molecule has 0 saturated carbocycles. The van der Waals surface area contributed by atoms with E-state index in [-0.39, 0.29) is 89.1 Å². The van der Waals surface area contributed by atoms with Gasteiger partial charge >= 0.3 is 32.7 Å². The number of hydrogen-bond donors (Lipinski definition) is 0. The molecule has 3 heteroatoms. The summed E-state index contributed by atoms with van der Waals surface area (Å²) in [5.74, 6) is 0.606. The van der Waals surface area contributed by atoms with Crippen molar-refractivity contribution in [2.45, 2.75) is 80.6 Å². The van der Waals surface area contributed by atoms with Gasteiger partial charge in [-0.2, -0.15) is 0 Å². The Hall–Kier alpha value is -0.405. The third-order valence-corrected chi connectivity index (χ3v) is 6.90. The van der Waals surface area contributed by atoms with Crippen molar-refractivity contribution in [2.24, 2.45) is 5.92 Å². The average molecular weight is 954 g/mol. The molecule has 2 aromatic rings. The van der Waals surface area contributed by atoms with Crippen molar-refractivity contribution in [2.75, 3.05) is 0 Å². The molecule has 0 N–H and O–H groups in total. The largest absolute Gasteiger partial charge is 3.00 e. The summed E-state index contributed by atoms with van der Waals surface area (Å²) in [5, 5.41) is 0. The van der Waals surface area contributed by atoms with Crippen LogP contribution in [0.4, 0.5) is 0 Å². The number of aryl methyl sites for hydroxylation is 2. The molecule has 0 fully saturated rings. The van der Waals surface area contributed by atoms with Crippen LogP contribution < -0.4 is 0 Å². The molecule has 5 rings (SSSR count). The molecule has 0 bridgehead atoms. The average Bonchev–Trinajstić information content (AvgIpc) is 3.52. The van der Waals surface area contributed by atoms with Gasteiger partial charge in [-0.25, -0.2) is 36.1 Å².